The highest BCUT2D eigenvalue weighted by molar-refractivity contribution is 5.98. The molecule has 1 aliphatic rings. The quantitative estimate of drug-likeness (QED) is 0.808. The molecule has 1 heterocycles. The van der Waals surface area contributed by atoms with Gasteiger partial charge in [0.2, 0.25) is 0 Å². The van der Waals surface area contributed by atoms with Crippen LogP contribution in [0.25, 0.3) is 10.9 Å². The Kier molecular flexibility index (Phi) is 2.74. The minimum Gasteiger partial charge on any atom is -0.343 e. The maximum absolute atomic E-state index is 13.7. The summed E-state index contributed by atoms with van der Waals surface area (Å²) < 4.78 is 28.7. The highest BCUT2D eigenvalue weighted by Crippen LogP contribution is 2.38. The van der Waals surface area contributed by atoms with Crippen molar-refractivity contribution < 1.29 is 18.4 Å². The lowest BCUT2D eigenvalue weighted by atomic mass is 10.1. The first-order valence-electron chi connectivity index (χ1n) is 6.05. The van der Waals surface area contributed by atoms with Crippen molar-refractivity contribution in [2.24, 2.45) is 0 Å². The number of fused-ring (bicyclic) bond motifs is 1. The third kappa shape index (κ3) is 1.68. The van der Waals surface area contributed by atoms with Gasteiger partial charge < -0.3 is 4.57 Å². The molecule has 0 amide bonds. The average molecular weight is 277 g/mol. The topological polar surface area (TPSA) is 56.1 Å². The predicted octanol–water partition coefficient (Wildman–Crippen LogP) is 2.24. The molecule has 0 N–H and O–H groups in total. The van der Waals surface area contributed by atoms with E-state index in [0.29, 0.717) is 6.29 Å². The van der Waals surface area contributed by atoms with Crippen LogP contribution in [0.4, 0.5) is 8.78 Å². The van der Waals surface area contributed by atoms with Crippen LogP contribution in [0.1, 0.15) is 39.6 Å². The van der Waals surface area contributed by atoms with E-state index < -0.39 is 22.6 Å². The second-order valence-electron chi connectivity index (χ2n) is 4.77. The molecule has 2 aromatic rings. The van der Waals surface area contributed by atoms with Gasteiger partial charge in [0.1, 0.15) is 0 Å². The zero-order valence-electron chi connectivity index (χ0n) is 10.2. The van der Waals surface area contributed by atoms with E-state index in [1.54, 1.807) is 0 Å². The number of halogens is 2. The van der Waals surface area contributed by atoms with E-state index in [-0.39, 0.29) is 28.8 Å². The molecule has 1 aromatic carbocycles. The normalized spacial score (nSPS) is 14.5. The first-order chi connectivity index (χ1) is 9.58. The van der Waals surface area contributed by atoms with Crippen LogP contribution in [-0.4, -0.2) is 17.1 Å². The maximum Gasteiger partial charge on any atom is 0.200 e. The van der Waals surface area contributed by atoms with Crippen molar-refractivity contribution in [1.82, 2.24) is 4.57 Å². The molecule has 102 valence electrons. The van der Waals surface area contributed by atoms with Gasteiger partial charge in [-0.1, -0.05) is 0 Å². The molecule has 1 fully saturated rings. The number of nitrogens with zero attached hydrogens (tertiary/aromatic N) is 1. The molecule has 0 atom stereocenters. The lowest BCUT2D eigenvalue weighted by molar-refractivity contribution is 0.111. The SMILES string of the molecule is O=Cc1cn(C2CC2)c2c(C=O)c(F)c(F)cc2c1=O. The van der Waals surface area contributed by atoms with Crippen LogP contribution in [0.2, 0.25) is 0 Å². The van der Waals surface area contributed by atoms with E-state index in [2.05, 4.69) is 0 Å². The number of carbonyl (C=O) groups excluding carboxylic acids is 2. The van der Waals surface area contributed by atoms with Crippen molar-refractivity contribution in [3.05, 3.63) is 45.2 Å². The van der Waals surface area contributed by atoms with Crippen LogP contribution in [0.15, 0.2) is 17.1 Å². The van der Waals surface area contributed by atoms with Crippen LogP contribution >= 0.6 is 0 Å². The van der Waals surface area contributed by atoms with Crippen molar-refractivity contribution >= 4 is 23.5 Å². The molecular weight excluding hydrogens is 268 g/mol. The molecule has 4 nitrogen and oxygen atoms in total. The molecule has 1 aromatic heterocycles. The molecule has 3 rings (SSSR count). The van der Waals surface area contributed by atoms with E-state index in [1.165, 1.54) is 10.8 Å². The third-order valence-corrected chi connectivity index (χ3v) is 3.46. The summed E-state index contributed by atoms with van der Waals surface area (Å²) in [5.41, 5.74) is -1.26. The van der Waals surface area contributed by atoms with Crippen LogP contribution in [0.3, 0.4) is 0 Å². The first-order valence-corrected chi connectivity index (χ1v) is 6.05. The van der Waals surface area contributed by atoms with Crippen molar-refractivity contribution in [1.29, 1.82) is 0 Å². The van der Waals surface area contributed by atoms with Gasteiger partial charge in [0.15, 0.2) is 29.6 Å². The number of benzene rings is 1. The second kappa shape index (κ2) is 4.33. The Morgan fingerprint density at radius 2 is 1.90 bits per heavy atom. The molecular formula is C14H9F2NO3. The van der Waals surface area contributed by atoms with Crippen LogP contribution in [0, 0.1) is 11.6 Å². The van der Waals surface area contributed by atoms with E-state index >= 15 is 0 Å². The smallest absolute Gasteiger partial charge is 0.200 e. The van der Waals surface area contributed by atoms with E-state index in [0.717, 1.165) is 18.9 Å². The Hall–Kier alpha value is -2.37. The van der Waals surface area contributed by atoms with Crippen LogP contribution < -0.4 is 5.43 Å². The van der Waals surface area contributed by atoms with E-state index in [4.69, 9.17) is 0 Å². The second-order valence-corrected chi connectivity index (χ2v) is 4.77. The average Bonchev–Trinajstić information content (AvgIpc) is 3.26. The Labute approximate surface area is 111 Å². The Morgan fingerprint density at radius 3 is 2.45 bits per heavy atom. The van der Waals surface area contributed by atoms with Crippen LogP contribution in [0.5, 0.6) is 0 Å². The molecule has 0 saturated heterocycles. The van der Waals surface area contributed by atoms with Gasteiger partial charge in [-0.25, -0.2) is 8.78 Å². The Balaban J connectivity index is 2.56. The molecule has 20 heavy (non-hydrogen) atoms. The van der Waals surface area contributed by atoms with Crippen molar-refractivity contribution in [3.63, 3.8) is 0 Å². The van der Waals surface area contributed by atoms with Gasteiger partial charge in [0.25, 0.3) is 0 Å². The zero-order valence-corrected chi connectivity index (χ0v) is 10.2. The zero-order chi connectivity index (χ0) is 14.4. The minimum absolute atomic E-state index is 0.000334. The van der Waals surface area contributed by atoms with Crippen molar-refractivity contribution in [2.45, 2.75) is 18.9 Å². The van der Waals surface area contributed by atoms with E-state index in [1.807, 2.05) is 0 Å². The number of aldehydes is 2. The number of rotatable bonds is 3. The number of aromatic nitrogens is 1. The lowest BCUT2D eigenvalue weighted by Gasteiger charge is -2.13. The van der Waals surface area contributed by atoms with Gasteiger partial charge in [-0.05, 0) is 18.9 Å². The summed E-state index contributed by atoms with van der Waals surface area (Å²) in [6.45, 7) is 0. The Bertz CT molecular complexity index is 806. The highest BCUT2D eigenvalue weighted by Gasteiger charge is 2.28. The number of carbonyl (C=O) groups is 2. The molecule has 0 bridgehead atoms. The summed E-state index contributed by atoms with van der Waals surface area (Å²) >= 11 is 0. The highest BCUT2D eigenvalue weighted by atomic mass is 19.2. The fraction of sp³-hybridized carbons (Fsp3) is 0.214. The fourth-order valence-corrected chi connectivity index (χ4v) is 2.35. The number of pyridine rings is 1. The Morgan fingerprint density at radius 1 is 1.20 bits per heavy atom. The summed E-state index contributed by atoms with van der Waals surface area (Å²) in [6.07, 6.45) is 3.48. The molecule has 0 radical (unpaired) electrons. The summed E-state index contributed by atoms with van der Waals surface area (Å²) in [5, 5.41) is -0.150. The fourth-order valence-electron chi connectivity index (χ4n) is 2.35. The third-order valence-electron chi connectivity index (χ3n) is 3.46. The molecule has 1 aliphatic carbocycles. The summed E-state index contributed by atoms with van der Waals surface area (Å²) in [5.74, 6) is -2.55. The van der Waals surface area contributed by atoms with Gasteiger partial charge in [-0.2, -0.15) is 0 Å². The largest absolute Gasteiger partial charge is 0.343 e. The van der Waals surface area contributed by atoms with Crippen molar-refractivity contribution in [3.8, 4) is 0 Å². The minimum atomic E-state index is -1.28. The first kappa shape index (κ1) is 12.7. The molecule has 1 saturated carbocycles. The molecule has 0 spiro atoms. The monoisotopic (exact) mass is 277 g/mol. The molecule has 0 aliphatic heterocycles. The van der Waals surface area contributed by atoms with Gasteiger partial charge in [0, 0.05) is 12.2 Å². The lowest BCUT2D eigenvalue weighted by Crippen LogP contribution is -2.16. The summed E-state index contributed by atoms with van der Waals surface area (Å²) in [6, 6.07) is 0.742. The number of hydrogen-bond acceptors (Lipinski definition) is 3. The standard InChI is InChI=1S/C14H9F2NO3/c15-11-3-9-13(10(6-19)12(11)16)17(8-1-2-8)4-7(5-18)14(9)20/h3-6,8H,1-2H2. The van der Waals surface area contributed by atoms with Crippen LogP contribution in [-0.2, 0) is 0 Å². The summed E-state index contributed by atoms with van der Waals surface area (Å²) in [4.78, 5) is 34.0. The predicted molar refractivity (Wildman–Crippen MR) is 67.2 cm³/mol. The number of hydrogen-bond donors (Lipinski definition) is 0. The van der Waals surface area contributed by atoms with Crippen molar-refractivity contribution in [2.75, 3.05) is 0 Å². The van der Waals surface area contributed by atoms with Gasteiger partial charge in [-0.15, -0.1) is 0 Å². The molecule has 0 unspecified atom stereocenters. The van der Waals surface area contributed by atoms with Gasteiger partial charge >= 0.3 is 0 Å². The molecule has 6 heteroatoms. The maximum atomic E-state index is 13.7. The van der Waals surface area contributed by atoms with Gasteiger partial charge in [0.05, 0.1) is 22.0 Å². The van der Waals surface area contributed by atoms with E-state index in [9.17, 15) is 23.2 Å². The summed E-state index contributed by atoms with van der Waals surface area (Å²) in [7, 11) is 0. The van der Waals surface area contributed by atoms with Gasteiger partial charge in [-0.3, -0.25) is 14.4 Å².